The van der Waals surface area contributed by atoms with Gasteiger partial charge in [-0.15, -0.1) is 0 Å². The van der Waals surface area contributed by atoms with Gasteiger partial charge < -0.3 is 15.6 Å². The summed E-state index contributed by atoms with van der Waals surface area (Å²) < 4.78 is 33.0. The lowest BCUT2D eigenvalue weighted by Crippen LogP contribution is -2.50. The Balaban J connectivity index is 1.47. The monoisotopic (exact) mass is 460 g/mol. The lowest BCUT2D eigenvalue weighted by molar-refractivity contribution is 0.0569. The fourth-order valence-corrected chi connectivity index (χ4v) is 5.14. The number of amidine groups is 1. The molecule has 3 rings (SSSR count). The van der Waals surface area contributed by atoms with Crippen molar-refractivity contribution in [2.24, 2.45) is 5.73 Å². The Morgan fingerprint density at radius 3 is 2.47 bits per heavy atom. The Morgan fingerprint density at radius 2 is 1.84 bits per heavy atom. The molecule has 0 spiro atoms. The first-order valence-corrected chi connectivity index (χ1v) is 12.3. The number of sulfonamides is 1. The quantitative estimate of drug-likeness (QED) is 0.366. The second-order valence-electron chi connectivity index (χ2n) is 8.00. The summed E-state index contributed by atoms with van der Waals surface area (Å²) >= 11 is 0. The summed E-state index contributed by atoms with van der Waals surface area (Å²) in [4.78, 5) is 2.36. The molecule has 1 fully saturated rings. The van der Waals surface area contributed by atoms with Gasteiger partial charge in [0.25, 0.3) is 0 Å². The van der Waals surface area contributed by atoms with Crippen LogP contribution in [0.1, 0.15) is 24.5 Å². The highest BCUT2D eigenvalue weighted by atomic mass is 32.2. The second kappa shape index (κ2) is 10.9. The summed E-state index contributed by atoms with van der Waals surface area (Å²) in [5.41, 5.74) is 7.19. The Labute approximate surface area is 190 Å². The average molecular weight is 461 g/mol. The first-order chi connectivity index (χ1) is 15.3. The van der Waals surface area contributed by atoms with Gasteiger partial charge in [0.1, 0.15) is 24.3 Å². The SMILES string of the molecule is CCCc1ccc(S(=O)(=O)N2CCN(CC(O)COc3cccc(C(=N)N)c3)CC2)cc1. The van der Waals surface area contributed by atoms with Gasteiger partial charge in [-0.3, -0.25) is 10.3 Å². The van der Waals surface area contributed by atoms with Crippen molar-refractivity contribution in [2.75, 3.05) is 39.3 Å². The van der Waals surface area contributed by atoms with Crippen molar-refractivity contribution < 1.29 is 18.3 Å². The van der Waals surface area contributed by atoms with Crippen LogP contribution in [0.5, 0.6) is 5.75 Å². The minimum absolute atomic E-state index is 0.0410. The highest BCUT2D eigenvalue weighted by Gasteiger charge is 2.29. The van der Waals surface area contributed by atoms with E-state index in [1.54, 1.807) is 36.4 Å². The molecule has 0 saturated carbocycles. The lowest BCUT2D eigenvalue weighted by Gasteiger charge is -2.34. The highest BCUT2D eigenvalue weighted by Crippen LogP contribution is 2.19. The average Bonchev–Trinajstić information content (AvgIpc) is 2.79. The van der Waals surface area contributed by atoms with E-state index < -0.39 is 16.1 Å². The minimum Gasteiger partial charge on any atom is -0.491 e. The van der Waals surface area contributed by atoms with Crippen LogP contribution in [0.2, 0.25) is 0 Å². The lowest BCUT2D eigenvalue weighted by atomic mass is 10.1. The molecule has 0 bridgehead atoms. The Bertz CT molecular complexity index is 1000. The molecular weight excluding hydrogens is 428 g/mol. The van der Waals surface area contributed by atoms with Crippen LogP contribution in [0.25, 0.3) is 0 Å². The van der Waals surface area contributed by atoms with Crippen LogP contribution in [0, 0.1) is 5.41 Å². The van der Waals surface area contributed by atoms with E-state index in [0.29, 0.717) is 48.9 Å². The fraction of sp³-hybridized carbons (Fsp3) is 0.435. The largest absolute Gasteiger partial charge is 0.491 e. The number of hydrogen-bond acceptors (Lipinski definition) is 6. The number of nitrogens with zero attached hydrogens (tertiary/aromatic N) is 2. The van der Waals surface area contributed by atoms with Gasteiger partial charge in [0.2, 0.25) is 10.0 Å². The highest BCUT2D eigenvalue weighted by molar-refractivity contribution is 7.89. The number of nitrogens with one attached hydrogen (secondary N) is 1. The molecule has 0 amide bonds. The third-order valence-electron chi connectivity index (χ3n) is 5.49. The topological polar surface area (TPSA) is 120 Å². The zero-order valence-electron chi connectivity index (χ0n) is 18.4. The van der Waals surface area contributed by atoms with Gasteiger partial charge >= 0.3 is 0 Å². The first-order valence-electron chi connectivity index (χ1n) is 10.9. The first kappa shape index (κ1) is 24.2. The van der Waals surface area contributed by atoms with E-state index in [1.807, 2.05) is 17.0 Å². The maximum atomic E-state index is 12.9. The molecule has 1 aliphatic heterocycles. The van der Waals surface area contributed by atoms with Crippen molar-refractivity contribution in [1.29, 1.82) is 5.41 Å². The molecule has 0 aliphatic carbocycles. The minimum atomic E-state index is -3.51. The zero-order valence-corrected chi connectivity index (χ0v) is 19.2. The summed E-state index contributed by atoms with van der Waals surface area (Å²) in [6, 6.07) is 14.0. The Morgan fingerprint density at radius 1 is 1.16 bits per heavy atom. The predicted molar refractivity (Wildman–Crippen MR) is 125 cm³/mol. The number of hydrogen-bond donors (Lipinski definition) is 3. The van der Waals surface area contributed by atoms with E-state index in [0.717, 1.165) is 18.4 Å². The van der Waals surface area contributed by atoms with Gasteiger partial charge in [0.05, 0.1) is 4.90 Å². The van der Waals surface area contributed by atoms with Crippen LogP contribution >= 0.6 is 0 Å². The zero-order chi connectivity index (χ0) is 23.1. The van der Waals surface area contributed by atoms with Crippen molar-refractivity contribution in [3.63, 3.8) is 0 Å². The van der Waals surface area contributed by atoms with E-state index in [2.05, 4.69) is 6.92 Å². The van der Waals surface area contributed by atoms with Crippen molar-refractivity contribution in [3.05, 3.63) is 59.7 Å². The molecule has 1 heterocycles. The number of aliphatic hydroxyl groups is 1. The number of aliphatic hydroxyl groups excluding tert-OH is 1. The smallest absolute Gasteiger partial charge is 0.243 e. The molecule has 1 saturated heterocycles. The maximum Gasteiger partial charge on any atom is 0.243 e. The van der Waals surface area contributed by atoms with Gasteiger partial charge in [-0.1, -0.05) is 37.6 Å². The number of nitrogens with two attached hydrogens (primary N) is 1. The molecule has 1 atom stereocenters. The molecule has 1 unspecified atom stereocenters. The van der Waals surface area contributed by atoms with Crippen LogP contribution in [0.3, 0.4) is 0 Å². The molecule has 0 radical (unpaired) electrons. The maximum absolute atomic E-state index is 12.9. The number of piperazine rings is 1. The van der Waals surface area contributed by atoms with Crippen molar-refractivity contribution in [2.45, 2.75) is 30.8 Å². The molecule has 8 nitrogen and oxygen atoms in total. The van der Waals surface area contributed by atoms with Crippen LogP contribution in [0.15, 0.2) is 53.4 Å². The Hall–Kier alpha value is -2.46. The standard InChI is InChI=1S/C23H32N4O4S/c1-2-4-18-7-9-22(10-8-18)32(29,30)27-13-11-26(12-14-27)16-20(28)17-31-21-6-3-5-19(15-21)23(24)25/h3,5-10,15,20,28H,2,4,11-14,16-17H2,1H3,(H3,24,25). The third-order valence-corrected chi connectivity index (χ3v) is 7.40. The summed E-state index contributed by atoms with van der Waals surface area (Å²) in [7, 11) is -3.51. The van der Waals surface area contributed by atoms with Crippen LogP contribution < -0.4 is 10.5 Å². The van der Waals surface area contributed by atoms with Crippen LogP contribution in [-0.2, 0) is 16.4 Å². The molecule has 32 heavy (non-hydrogen) atoms. The molecule has 2 aromatic carbocycles. The number of β-amino-alcohol motifs (C(OH)–C–C–N with tert-alkyl or cyclic N) is 1. The molecule has 174 valence electrons. The van der Waals surface area contributed by atoms with E-state index in [-0.39, 0.29) is 12.4 Å². The van der Waals surface area contributed by atoms with Gasteiger partial charge in [0.15, 0.2) is 0 Å². The summed E-state index contributed by atoms with van der Waals surface area (Å²) in [5, 5.41) is 17.8. The van der Waals surface area contributed by atoms with Gasteiger partial charge in [0, 0.05) is 38.3 Å². The normalized spacial score (nSPS) is 16.6. The number of ether oxygens (including phenoxy) is 1. The van der Waals surface area contributed by atoms with Crippen molar-refractivity contribution in [3.8, 4) is 5.75 Å². The van der Waals surface area contributed by atoms with Crippen LogP contribution in [0.4, 0.5) is 0 Å². The number of nitrogen functional groups attached to an aromatic ring is 1. The number of aryl methyl sites for hydroxylation is 1. The summed E-state index contributed by atoms with van der Waals surface area (Å²) in [6.45, 7) is 4.45. The predicted octanol–water partition coefficient (Wildman–Crippen LogP) is 1.67. The molecule has 1 aliphatic rings. The van der Waals surface area contributed by atoms with E-state index >= 15 is 0 Å². The molecule has 2 aromatic rings. The summed E-state index contributed by atoms with van der Waals surface area (Å²) in [6.07, 6.45) is 1.24. The van der Waals surface area contributed by atoms with Crippen molar-refractivity contribution >= 4 is 15.9 Å². The molecule has 9 heteroatoms. The summed E-state index contributed by atoms with van der Waals surface area (Å²) in [5.74, 6) is 0.498. The molecule has 4 N–H and O–H groups in total. The Kier molecular flexibility index (Phi) is 8.25. The van der Waals surface area contributed by atoms with Gasteiger partial charge in [-0.25, -0.2) is 8.42 Å². The number of rotatable bonds is 10. The third kappa shape index (κ3) is 6.29. The van der Waals surface area contributed by atoms with E-state index in [9.17, 15) is 13.5 Å². The van der Waals surface area contributed by atoms with Gasteiger partial charge in [-0.2, -0.15) is 4.31 Å². The molecular formula is C23H32N4O4S. The second-order valence-corrected chi connectivity index (χ2v) is 9.94. The van der Waals surface area contributed by atoms with Gasteiger partial charge in [-0.05, 0) is 36.2 Å². The van der Waals surface area contributed by atoms with Crippen molar-refractivity contribution in [1.82, 2.24) is 9.21 Å². The molecule has 0 aromatic heterocycles. The van der Waals surface area contributed by atoms with E-state index in [1.165, 1.54) is 4.31 Å². The van der Waals surface area contributed by atoms with Crippen LogP contribution in [-0.4, -0.2) is 74.0 Å². The number of benzene rings is 2. The fourth-order valence-electron chi connectivity index (χ4n) is 3.71. The van der Waals surface area contributed by atoms with E-state index in [4.69, 9.17) is 15.9 Å².